The minimum Gasteiger partial charge on any atom is -0.550 e. The number of ether oxygens (including phenoxy) is 2. The molecular weight excluding hydrogens is 618 g/mol. The maximum Gasteiger partial charge on any atom is 1.00 e. The maximum atomic E-state index is 11.9. The largest absolute Gasteiger partial charge is 1.00 e. The molecule has 2 N–H and O–H groups in total. The van der Waals surface area contributed by atoms with Crippen LogP contribution in [0.4, 0.5) is 0 Å². The summed E-state index contributed by atoms with van der Waals surface area (Å²) in [6.45, 7) is 0. The van der Waals surface area contributed by atoms with Gasteiger partial charge in [0.15, 0.2) is 23.4 Å². The van der Waals surface area contributed by atoms with Crippen LogP contribution in [0.2, 0.25) is 0 Å². The summed E-state index contributed by atoms with van der Waals surface area (Å²) in [7, 11) is 0. The number of rotatable bonds is 15. The molecule has 24 heteroatoms. The zero-order valence-electron chi connectivity index (χ0n) is 22.4. The third-order valence-corrected chi connectivity index (χ3v) is 3.84. The first-order valence-electron chi connectivity index (χ1n) is 8.43. The molecule has 0 aromatic carbocycles. The third-order valence-electron chi connectivity index (χ3n) is 3.84. The molecule has 0 radical (unpaired) electrons. The fraction of sp³-hybridized carbons (Fsp3) is 0.500. The van der Waals surface area contributed by atoms with Gasteiger partial charge < -0.3 is 79.1 Å². The van der Waals surface area contributed by atoms with Crippen LogP contribution in [-0.4, -0.2) is 81.4 Å². The molecule has 0 aromatic rings. The molecule has 190 valence electrons. The first kappa shape index (κ1) is 57.3. The number of esters is 2. The van der Waals surface area contributed by atoms with Crippen molar-refractivity contribution in [3.63, 3.8) is 0 Å². The van der Waals surface area contributed by atoms with E-state index >= 15 is 0 Å². The molecular formula is C16H12Na6O18. The van der Waals surface area contributed by atoms with Gasteiger partial charge in [0.25, 0.3) is 0 Å². The molecule has 0 heterocycles. The Morgan fingerprint density at radius 1 is 0.475 bits per heavy atom. The summed E-state index contributed by atoms with van der Waals surface area (Å²) >= 11 is 0. The van der Waals surface area contributed by atoms with Gasteiger partial charge in [-0.2, -0.15) is 0 Å². The van der Waals surface area contributed by atoms with Crippen LogP contribution >= 0.6 is 0 Å². The van der Waals surface area contributed by atoms with E-state index < -0.39 is 96.8 Å². The third kappa shape index (κ3) is 19.1. The van der Waals surface area contributed by atoms with Gasteiger partial charge in [0, 0.05) is 49.6 Å². The summed E-state index contributed by atoms with van der Waals surface area (Å²) in [4.78, 5) is 89.2. The van der Waals surface area contributed by atoms with E-state index in [0.717, 1.165) is 0 Å². The van der Waals surface area contributed by atoms with Crippen molar-refractivity contribution in [2.45, 2.75) is 49.1 Å². The summed E-state index contributed by atoms with van der Waals surface area (Å²) in [5.74, 6) is -19.4. The Morgan fingerprint density at radius 2 is 0.650 bits per heavy atom. The number of aliphatic hydroxyl groups excluding tert-OH is 2. The normalized spacial score (nSPS) is 11.2. The molecule has 2 atom stereocenters. The molecule has 40 heavy (non-hydrogen) atoms. The van der Waals surface area contributed by atoms with Crippen LogP contribution in [0, 0.1) is 0 Å². The Balaban J connectivity index is -0.000000363. The van der Waals surface area contributed by atoms with Crippen molar-refractivity contribution in [2.75, 3.05) is 0 Å². The minimum absolute atomic E-state index is 0. The molecule has 2 unspecified atom stereocenters. The van der Waals surface area contributed by atoms with Gasteiger partial charge in [-0.15, -0.1) is 0 Å². The topological polar surface area (TPSA) is 334 Å². The van der Waals surface area contributed by atoms with Gasteiger partial charge in [0.05, 0.1) is 11.9 Å². The monoisotopic (exact) mass is 630 g/mol. The molecule has 0 bridgehead atoms. The van der Waals surface area contributed by atoms with Crippen LogP contribution in [0.25, 0.3) is 0 Å². The van der Waals surface area contributed by atoms with E-state index in [9.17, 15) is 79.2 Å². The zero-order chi connectivity index (χ0) is 27.0. The summed E-state index contributed by atoms with van der Waals surface area (Å²) in [5, 5.41) is 84.7. The number of hydrogen-bond donors (Lipinski definition) is 2. The fourth-order valence-electron chi connectivity index (χ4n) is 2.34. The molecule has 0 spiro atoms. The number of carboxylic acid groups (broad SMARTS) is 6. The molecule has 0 aromatic heterocycles. The average molecular weight is 630 g/mol. The number of carbonyl (C=O) groups excluding carboxylic acids is 8. The molecule has 18 nitrogen and oxygen atoms in total. The number of carboxylic acids is 6. The summed E-state index contributed by atoms with van der Waals surface area (Å²) < 4.78 is 8.13. The van der Waals surface area contributed by atoms with E-state index in [2.05, 4.69) is 9.47 Å². The van der Waals surface area contributed by atoms with Gasteiger partial charge in [0.2, 0.25) is 0 Å². The summed E-state index contributed by atoms with van der Waals surface area (Å²) in [6, 6.07) is 0. The van der Waals surface area contributed by atoms with Crippen molar-refractivity contribution >= 4 is 47.8 Å². The van der Waals surface area contributed by atoms with Crippen molar-refractivity contribution in [3.05, 3.63) is 0 Å². The Morgan fingerprint density at radius 3 is 0.775 bits per heavy atom. The van der Waals surface area contributed by atoms with E-state index in [-0.39, 0.29) is 177 Å². The quantitative estimate of drug-likeness (QED) is 0.125. The Kier molecular flexibility index (Phi) is 37.2. The second-order valence-corrected chi connectivity index (χ2v) is 6.49. The van der Waals surface area contributed by atoms with Gasteiger partial charge in [-0.3, -0.25) is 0 Å². The van der Waals surface area contributed by atoms with Gasteiger partial charge in [0.1, 0.15) is 0 Å². The minimum atomic E-state index is -3.59. The van der Waals surface area contributed by atoms with Crippen LogP contribution in [0.15, 0.2) is 0 Å². The smallest absolute Gasteiger partial charge is 0.550 e. The second-order valence-electron chi connectivity index (χ2n) is 6.49. The van der Waals surface area contributed by atoms with Crippen LogP contribution < -0.4 is 208 Å². The van der Waals surface area contributed by atoms with Gasteiger partial charge in [-0.05, 0) is 0 Å². The molecule has 0 amide bonds. The van der Waals surface area contributed by atoms with Crippen molar-refractivity contribution in [1.82, 2.24) is 0 Å². The Bertz CT molecular complexity index is 807. The molecule has 0 saturated heterocycles. The van der Waals surface area contributed by atoms with Gasteiger partial charge in [-0.25, -0.2) is 9.59 Å². The number of carbonyl (C=O) groups is 8. The number of hydrogen-bond acceptors (Lipinski definition) is 18. The van der Waals surface area contributed by atoms with Crippen molar-refractivity contribution in [1.29, 1.82) is 0 Å². The summed E-state index contributed by atoms with van der Waals surface area (Å²) in [5.41, 5.74) is -7.17. The van der Waals surface area contributed by atoms with E-state index in [1.807, 2.05) is 0 Å². The molecule has 0 aliphatic rings. The van der Waals surface area contributed by atoms with E-state index in [4.69, 9.17) is 0 Å². The average Bonchev–Trinajstić information content (AvgIpc) is 2.63. The van der Waals surface area contributed by atoms with Gasteiger partial charge >= 0.3 is 189 Å². The van der Waals surface area contributed by atoms with Crippen LogP contribution in [0.1, 0.15) is 25.7 Å². The molecule has 0 aliphatic carbocycles. The van der Waals surface area contributed by atoms with Crippen LogP contribution in [0.3, 0.4) is 0 Å². The fourth-order valence-corrected chi connectivity index (χ4v) is 2.34. The first-order valence-corrected chi connectivity index (χ1v) is 8.43. The second kappa shape index (κ2) is 26.0. The Labute approximate surface area is 357 Å². The van der Waals surface area contributed by atoms with Gasteiger partial charge in [-0.1, -0.05) is 0 Å². The van der Waals surface area contributed by atoms with E-state index in [1.54, 1.807) is 0 Å². The number of aliphatic hydroxyl groups is 2. The van der Waals surface area contributed by atoms with Crippen LogP contribution in [0.5, 0.6) is 0 Å². The number of aliphatic carboxylic acids is 6. The predicted octanol–water partition coefficient (Wildman–Crippen LogP) is -29.6. The molecule has 0 fully saturated rings. The first-order chi connectivity index (χ1) is 15.4. The van der Waals surface area contributed by atoms with Crippen molar-refractivity contribution < 1.29 is 266 Å². The summed E-state index contributed by atoms with van der Waals surface area (Å²) in [6.07, 6.45) is -14.1. The Hall–Kier alpha value is 1.68. The van der Waals surface area contributed by atoms with E-state index in [0.29, 0.717) is 0 Å². The van der Waals surface area contributed by atoms with Crippen molar-refractivity contribution in [2.24, 2.45) is 0 Å². The standard InChI is InChI=1S/C16H18O18.6Na/c17-5(18)1-15(13(29)30,2-6(19)20)33-11(27)9(25)10(26)12(28)34-16(14(31)32,3-7(21)22)4-8(23)24;;;;;;/h9-10,25-26H,1-4H2,(H,17,18)(H,19,20)(H,21,22)(H,23,24)(H,29,30)(H,31,32);;;;;;/q;6*+1/p-6. The van der Waals surface area contributed by atoms with Crippen LogP contribution in [-0.2, 0) is 47.8 Å². The predicted molar refractivity (Wildman–Crippen MR) is 78.2 cm³/mol. The molecule has 0 rings (SSSR count). The van der Waals surface area contributed by atoms with Crippen molar-refractivity contribution in [3.8, 4) is 0 Å². The van der Waals surface area contributed by atoms with E-state index in [1.165, 1.54) is 0 Å². The molecule has 0 saturated carbocycles. The molecule has 0 aliphatic heterocycles. The SMILES string of the molecule is O=C([O-])CC(CC(=O)[O-])(OC(=O)C(O)C(O)C(=O)OC(CC(=O)[O-])(CC(=O)[O-])C(=O)[O-])C(=O)[O-].[Na+].[Na+].[Na+].[Na+].[Na+].[Na+]. The maximum absolute atomic E-state index is 11.9. The zero-order valence-corrected chi connectivity index (χ0v) is 34.4.